The second kappa shape index (κ2) is 5.25. The molecule has 2 heterocycles. The van der Waals surface area contributed by atoms with Crippen molar-refractivity contribution in [2.24, 2.45) is 5.92 Å². The highest BCUT2D eigenvalue weighted by Gasteiger charge is 2.27. The van der Waals surface area contributed by atoms with Crippen LogP contribution in [-0.4, -0.2) is 23.1 Å². The Morgan fingerprint density at radius 2 is 2.11 bits per heavy atom. The molecule has 0 aromatic carbocycles. The maximum atomic E-state index is 6.06. The van der Waals surface area contributed by atoms with E-state index in [1.165, 1.54) is 25.7 Å². The molecule has 1 aliphatic carbocycles. The quantitative estimate of drug-likeness (QED) is 0.771. The van der Waals surface area contributed by atoms with Crippen LogP contribution in [0.2, 0.25) is 5.28 Å². The number of thiophene rings is 1. The average molecular weight is 296 g/mol. The summed E-state index contributed by atoms with van der Waals surface area (Å²) < 4.78 is 0. The largest absolute Gasteiger partial charge is 0.356 e. The highest BCUT2D eigenvalue weighted by molar-refractivity contribution is 7.16. The van der Waals surface area contributed by atoms with Crippen LogP contribution in [0.15, 0.2) is 11.4 Å². The Morgan fingerprint density at radius 1 is 1.32 bits per heavy atom. The lowest BCUT2D eigenvalue weighted by molar-refractivity contribution is 0.321. The SMILES string of the molecule is CC1CCCCC1N(C)c1nc(Cl)nc2sccc12. The zero-order valence-corrected chi connectivity index (χ0v) is 12.8. The van der Waals surface area contributed by atoms with Crippen molar-refractivity contribution in [2.45, 2.75) is 38.6 Å². The lowest BCUT2D eigenvalue weighted by Crippen LogP contribution is -2.39. The molecule has 19 heavy (non-hydrogen) atoms. The molecule has 0 bridgehead atoms. The Bertz CT molecular complexity index is 583. The minimum Gasteiger partial charge on any atom is -0.356 e. The number of hydrogen-bond acceptors (Lipinski definition) is 4. The molecule has 2 aromatic rings. The van der Waals surface area contributed by atoms with E-state index in [1.807, 2.05) is 0 Å². The first kappa shape index (κ1) is 13.1. The fourth-order valence-corrected chi connectivity index (χ4v) is 4.09. The molecule has 0 aliphatic heterocycles. The molecule has 0 saturated heterocycles. The summed E-state index contributed by atoms with van der Waals surface area (Å²) in [5, 5.41) is 3.52. The molecule has 0 spiro atoms. The molecule has 5 heteroatoms. The van der Waals surface area contributed by atoms with Crippen LogP contribution in [0.5, 0.6) is 0 Å². The third-order valence-electron chi connectivity index (χ3n) is 4.18. The van der Waals surface area contributed by atoms with Gasteiger partial charge in [0, 0.05) is 13.1 Å². The summed E-state index contributed by atoms with van der Waals surface area (Å²) in [6.07, 6.45) is 5.21. The lowest BCUT2D eigenvalue weighted by atomic mass is 9.85. The van der Waals surface area contributed by atoms with Crippen molar-refractivity contribution in [3.05, 3.63) is 16.7 Å². The second-order valence-corrected chi connectivity index (χ2v) is 6.63. The summed E-state index contributed by atoms with van der Waals surface area (Å²) in [6.45, 7) is 2.34. The van der Waals surface area contributed by atoms with E-state index in [0.29, 0.717) is 17.2 Å². The first-order valence-electron chi connectivity index (χ1n) is 6.80. The predicted octanol–water partition coefficient (Wildman–Crippen LogP) is 4.36. The van der Waals surface area contributed by atoms with Gasteiger partial charge in [0.25, 0.3) is 0 Å². The first-order valence-corrected chi connectivity index (χ1v) is 8.06. The van der Waals surface area contributed by atoms with Gasteiger partial charge in [-0.05, 0) is 41.8 Å². The lowest BCUT2D eigenvalue weighted by Gasteiger charge is -2.37. The number of hydrogen-bond donors (Lipinski definition) is 0. The van der Waals surface area contributed by atoms with Gasteiger partial charge in [-0.25, -0.2) is 4.98 Å². The summed E-state index contributed by atoms with van der Waals surface area (Å²) in [5.74, 6) is 1.69. The van der Waals surface area contributed by atoms with Gasteiger partial charge in [-0.1, -0.05) is 19.8 Å². The number of fused-ring (bicyclic) bond motifs is 1. The van der Waals surface area contributed by atoms with Crippen molar-refractivity contribution >= 4 is 39.0 Å². The van der Waals surface area contributed by atoms with Crippen LogP contribution < -0.4 is 4.90 Å². The van der Waals surface area contributed by atoms with Crippen LogP contribution in [0.4, 0.5) is 5.82 Å². The van der Waals surface area contributed by atoms with Crippen LogP contribution in [0.25, 0.3) is 10.2 Å². The van der Waals surface area contributed by atoms with Gasteiger partial charge in [-0.15, -0.1) is 11.3 Å². The van der Waals surface area contributed by atoms with Crippen molar-refractivity contribution in [1.82, 2.24) is 9.97 Å². The second-order valence-electron chi connectivity index (χ2n) is 5.40. The summed E-state index contributed by atoms with van der Waals surface area (Å²) in [5.41, 5.74) is 0. The molecule has 102 valence electrons. The summed E-state index contributed by atoms with van der Waals surface area (Å²) >= 11 is 7.68. The number of halogens is 1. The van der Waals surface area contributed by atoms with Crippen LogP contribution in [0.1, 0.15) is 32.6 Å². The molecular formula is C14H18ClN3S. The van der Waals surface area contributed by atoms with Gasteiger partial charge in [0.15, 0.2) is 0 Å². The number of anilines is 1. The molecule has 1 fully saturated rings. The Hall–Kier alpha value is -0.870. The number of nitrogens with zero attached hydrogens (tertiary/aromatic N) is 3. The average Bonchev–Trinajstić information content (AvgIpc) is 2.85. The summed E-state index contributed by atoms with van der Waals surface area (Å²) in [4.78, 5) is 12.0. The van der Waals surface area contributed by atoms with E-state index in [0.717, 1.165) is 16.0 Å². The minimum absolute atomic E-state index is 0.347. The molecule has 1 saturated carbocycles. The van der Waals surface area contributed by atoms with Gasteiger partial charge in [-0.2, -0.15) is 4.98 Å². The third-order valence-corrected chi connectivity index (χ3v) is 5.15. The van der Waals surface area contributed by atoms with Gasteiger partial charge in [0.1, 0.15) is 10.6 Å². The van der Waals surface area contributed by atoms with E-state index < -0.39 is 0 Å². The highest BCUT2D eigenvalue weighted by Crippen LogP contribution is 2.34. The molecule has 0 N–H and O–H groups in total. The smallest absolute Gasteiger partial charge is 0.225 e. The van der Waals surface area contributed by atoms with Crippen molar-refractivity contribution in [3.8, 4) is 0 Å². The molecule has 2 atom stereocenters. The van der Waals surface area contributed by atoms with Crippen LogP contribution in [-0.2, 0) is 0 Å². The van der Waals surface area contributed by atoms with E-state index in [1.54, 1.807) is 11.3 Å². The topological polar surface area (TPSA) is 29.0 Å². The Balaban J connectivity index is 2.00. The van der Waals surface area contributed by atoms with Gasteiger partial charge < -0.3 is 4.90 Å². The maximum Gasteiger partial charge on any atom is 0.225 e. The van der Waals surface area contributed by atoms with E-state index in [4.69, 9.17) is 11.6 Å². The van der Waals surface area contributed by atoms with Crippen molar-refractivity contribution < 1.29 is 0 Å². The van der Waals surface area contributed by atoms with Crippen LogP contribution >= 0.6 is 22.9 Å². The summed E-state index contributed by atoms with van der Waals surface area (Å²) in [7, 11) is 2.14. The summed E-state index contributed by atoms with van der Waals surface area (Å²) in [6, 6.07) is 2.65. The number of aromatic nitrogens is 2. The molecule has 2 unspecified atom stereocenters. The van der Waals surface area contributed by atoms with Crippen molar-refractivity contribution in [2.75, 3.05) is 11.9 Å². The zero-order valence-electron chi connectivity index (χ0n) is 11.3. The minimum atomic E-state index is 0.347. The fraction of sp³-hybridized carbons (Fsp3) is 0.571. The molecule has 0 radical (unpaired) electrons. The van der Waals surface area contributed by atoms with E-state index >= 15 is 0 Å². The van der Waals surface area contributed by atoms with Crippen LogP contribution in [0.3, 0.4) is 0 Å². The normalized spacial score (nSPS) is 23.7. The Kier molecular flexibility index (Phi) is 3.63. The standard InChI is InChI=1S/C14H18ClN3S/c1-9-5-3-4-6-11(9)18(2)12-10-7-8-19-13(10)17-14(15)16-12/h7-9,11H,3-6H2,1-2H3. The zero-order chi connectivity index (χ0) is 13.4. The monoisotopic (exact) mass is 295 g/mol. The Labute approximate surface area is 122 Å². The molecular weight excluding hydrogens is 278 g/mol. The van der Waals surface area contributed by atoms with E-state index in [2.05, 4.69) is 40.3 Å². The molecule has 2 aromatic heterocycles. The molecule has 1 aliphatic rings. The van der Waals surface area contributed by atoms with Gasteiger partial charge in [0.2, 0.25) is 5.28 Å². The maximum absolute atomic E-state index is 6.06. The predicted molar refractivity (Wildman–Crippen MR) is 82.2 cm³/mol. The fourth-order valence-electron chi connectivity index (χ4n) is 3.11. The van der Waals surface area contributed by atoms with E-state index in [9.17, 15) is 0 Å². The molecule has 3 rings (SSSR count). The van der Waals surface area contributed by atoms with Gasteiger partial charge in [-0.3, -0.25) is 0 Å². The molecule has 3 nitrogen and oxygen atoms in total. The first-order chi connectivity index (χ1) is 9.16. The van der Waals surface area contributed by atoms with Gasteiger partial charge in [0.05, 0.1) is 5.39 Å². The third kappa shape index (κ3) is 2.43. The van der Waals surface area contributed by atoms with Crippen molar-refractivity contribution in [1.29, 1.82) is 0 Å². The Morgan fingerprint density at radius 3 is 2.89 bits per heavy atom. The molecule has 0 amide bonds. The number of rotatable bonds is 2. The highest BCUT2D eigenvalue weighted by atomic mass is 35.5. The van der Waals surface area contributed by atoms with Gasteiger partial charge >= 0.3 is 0 Å². The van der Waals surface area contributed by atoms with Crippen molar-refractivity contribution in [3.63, 3.8) is 0 Å². The van der Waals surface area contributed by atoms with Crippen LogP contribution in [0, 0.1) is 5.92 Å². The van der Waals surface area contributed by atoms with E-state index in [-0.39, 0.29) is 0 Å².